The van der Waals surface area contributed by atoms with Crippen molar-refractivity contribution in [3.8, 4) is 5.75 Å². The number of phenols is 1. The third kappa shape index (κ3) is 4.88. The fourth-order valence-corrected chi connectivity index (χ4v) is 8.01. The van der Waals surface area contributed by atoms with Crippen molar-refractivity contribution < 1.29 is 32.7 Å². The van der Waals surface area contributed by atoms with Gasteiger partial charge < -0.3 is 10.4 Å². The number of hydrogen-bond acceptors (Lipinski definition) is 7. The minimum Gasteiger partial charge on any atom is -0.508 e. The summed E-state index contributed by atoms with van der Waals surface area (Å²) in [5, 5.41) is 11.8. The van der Waals surface area contributed by atoms with Crippen LogP contribution in [0.2, 0.25) is 0 Å². The van der Waals surface area contributed by atoms with Gasteiger partial charge in [0.1, 0.15) is 17.5 Å². The first-order chi connectivity index (χ1) is 20.0. The SMILES string of the molecule is O=C(Cn1c2c(sc1=O)[C@@H](c1ccc(O)cc1)C1C(=O)N(c3cccc(C(F)(F)F)c3)C(=O)C1S2)Nc1ccccc1. The summed E-state index contributed by atoms with van der Waals surface area (Å²) in [6.07, 6.45) is -4.68. The minimum absolute atomic E-state index is 0.0385. The number of thioether (sulfide) groups is 1. The molecule has 4 aromatic rings. The predicted octanol–water partition coefficient (Wildman–Crippen LogP) is 5.07. The van der Waals surface area contributed by atoms with Crippen molar-refractivity contribution in [2.75, 3.05) is 10.2 Å². The molecule has 13 heteroatoms. The standard InChI is InChI=1S/C29H20F3N3O5S2/c30-29(31,32)16-5-4-8-18(13-16)35-25(38)22-21(15-9-11-19(36)12-10-15)24-27(41-23(22)26(35)39)34(28(40)42-24)14-20(37)33-17-6-2-1-3-7-17/h1-13,21-23,36H,14H2,(H,33,37)/t21-,22?,23?/m0/s1. The largest absolute Gasteiger partial charge is 0.508 e. The highest BCUT2D eigenvalue weighted by molar-refractivity contribution is 8.00. The Balaban J connectivity index is 1.42. The smallest absolute Gasteiger partial charge is 0.416 e. The molecule has 0 saturated carbocycles. The number of halogens is 3. The number of nitrogens with one attached hydrogen (secondary N) is 1. The second kappa shape index (κ2) is 10.5. The molecule has 2 N–H and O–H groups in total. The fraction of sp³-hybridized carbons (Fsp3) is 0.172. The first-order valence-corrected chi connectivity index (χ1v) is 14.3. The molecule has 6 rings (SSSR count). The molecule has 0 bridgehead atoms. The molecule has 3 amide bonds. The van der Waals surface area contributed by atoms with Crippen molar-refractivity contribution in [3.63, 3.8) is 0 Å². The van der Waals surface area contributed by atoms with Gasteiger partial charge in [0.2, 0.25) is 17.7 Å². The first-order valence-electron chi connectivity index (χ1n) is 12.6. The average Bonchev–Trinajstić information content (AvgIpc) is 3.40. The molecule has 1 fully saturated rings. The van der Waals surface area contributed by atoms with Gasteiger partial charge in [-0.3, -0.25) is 23.7 Å². The van der Waals surface area contributed by atoms with Gasteiger partial charge in [0, 0.05) is 16.5 Å². The summed E-state index contributed by atoms with van der Waals surface area (Å²) in [4.78, 5) is 54.4. The van der Waals surface area contributed by atoms with E-state index < -0.39 is 51.4 Å². The molecule has 2 aliphatic heterocycles. The van der Waals surface area contributed by atoms with Crippen molar-refractivity contribution in [2.45, 2.75) is 28.9 Å². The minimum atomic E-state index is -4.68. The molecule has 0 aliphatic carbocycles. The number of fused-ring (bicyclic) bond motifs is 2. The van der Waals surface area contributed by atoms with Gasteiger partial charge >= 0.3 is 11.0 Å². The van der Waals surface area contributed by atoms with Crippen LogP contribution in [-0.2, 0) is 27.1 Å². The van der Waals surface area contributed by atoms with E-state index in [1.165, 1.54) is 22.8 Å². The maximum atomic E-state index is 13.9. The third-order valence-corrected chi connectivity index (χ3v) is 9.70. The number of aromatic hydroxyl groups is 1. The number of carbonyl (C=O) groups excluding carboxylic acids is 3. The van der Waals surface area contributed by atoms with E-state index in [2.05, 4.69) is 5.32 Å². The van der Waals surface area contributed by atoms with Crippen LogP contribution in [0.5, 0.6) is 5.75 Å². The monoisotopic (exact) mass is 611 g/mol. The van der Waals surface area contributed by atoms with Crippen LogP contribution in [0.1, 0.15) is 21.9 Å². The van der Waals surface area contributed by atoms with Gasteiger partial charge in [-0.05, 0) is 48.0 Å². The van der Waals surface area contributed by atoms with Gasteiger partial charge in [-0.1, -0.05) is 59.5 Å². The van der Waals surface area contributed by atoms with Gasteiger partial charge in [-0.15, -0.1) is 0 Å². The number of imide groups is 1. The number of alkyl halides is 3. The van der Waals surface area contributed by atoms with Crippen LogP contribution in [0, 0.1) is 5.92 Å². The van der Waals surface area contributed by atoms with Crippen molar-refractivity contribution in [1.82, 2.24) is 4.57 Å². The number of amides is 3. The normalized spacial score (nSPS) is 19.9. The molecule has 3 atom stereocenters. The van der Waals surface area contributed by atoms with E-state index in [1.807, 2.05) is 0 Å². The maximum Gasteiger partial charge on any atom is 0.416 e. The first kappa shape index (κ1) is 27.8. The number of thiazole rings is 1. The van der Waals surface area contributed by atoms with Gasteiger partial charge in [-0.25, -0.2) is 4.90 Å². The summed E-state index contributed by atoms with van der Waals surface area (Å²) in [6.45, 7) is -0.355. The summed E-state index contributed by atoms with van der Waals surface area (Å²) in [5.41, 5.74) is -0.154. The molecule has 2 aliphatic rings. The molecule has 1 aromatic heterocycles. The quantitative estimate of drug-likeness (QED) is 0.305. The van der Waals surface area contributed by atoms with E-state index in [4.69, 9.17) is 0 Å². The van der Waals surface area contributed by atoms with Crippen molar-refractivity contribution >= 4 is 52.2 Å². The molecule has 1 saturated heterocycles. The van der Waals surface area contributed by atoms with Crippen LogP contribution in [0.3, 0.4) is 0 Å². The summed E-state index contributed by atoms with van der Waals surface area (Å²) < 4.78 is 41.6. The van der Waals surface area contributed by atoms with Gasteiger partial charge in [0.15, 0.2) is 0 Å². The molecule has 3 heterocycles. The lowest BCUT2D eigenvalue weighted by Gasteiger charge is -2.30. The van der Waals surface area contributed by atoms with Crippen LogP contribution < -0.4 is 15.1 Å². The lowest BCUT2D eigenvalue weighted by Crippen LogP contribution is -2.33. The van der Waals surface area contributed by atoms with Crippen LogP contribution in [0.4, 0.5) is 24.5 Å². The number of hydrogen-bond donors (Lipinski definition) is 2. The van der Waals surface area contributed by atoms with Crippen LogP contribution in [0.15, 0.2) is 88.7 Å². The number of carbonyl (C=O) groups is 3. The second-order valence-electron chi connectivity index (χ2n) is 9.73. The number of rotatable bonds is 5. The lowest BCUT2D eigenvalue weighted by atomic mass is 9.83. The third-order valence-electron chi connectivity index (χ3n) is 7.09. The molecule has 0 spiro atoms. The number of para-hydroxylation sites is 1. The summed E-state index contributed by atoms with van der Waals surface area (Å²) in [5.74, 6) is -3.80. The van der Waals surface area contributed by atoms with E-state index >= 15 is 0 Å². The molecule has 8 nitrogen and oxygen atoms in total. The number of aromatic nitrogens is 1. The van der Waals surface area contributed by atoms with E-state index in [-0.39, 0.29) is 18.0 Å². The Morgan fingerprint density at radius 2 is 1.64 bits per heavy atom. The molecular weight excluding hydrogens is 591 g/mol. The van der Waals surface area contributed by atoms with Crippen LogP contribution in [-0.4, -0.2) is 32.6 Å². The zero-order chi connectivity index (χ0) is 29.8. The highest BCUT2D eigenvalue weighted by Crippen LogP contribution is 2.54. The van der Waals surface area contributed by atoms with E-state index in [1.54, 1.807) is 42.5 Å². The molecule has 2 unspecified atom stereocenters. The fourth-order valence-electron chi connectivity index (χ4n) is 5.24. The molecule has 3 aromatic carbocycles. The summed E-state index contributed by atoms with van der Waals surface area (Å²) >= 11 is 1.80. The van der Waals surface area contributed by atoms with Gasteiger partial charge in [0.25, 0.3) is 0 Å². The summed E-state index contributed by atoms with van der Waals surface area (Å²) in [7, 11) is 0. The molecular formula is C29H20F3N3O5S2. The van der Waals surface area contributed by atoms with Crippen LogP contribution >= 0.6 is 23.1 Å². The zero-order valence-corrected chi connectivity index (χ0v) is 23.0. The number of benzene rings is 3. The van der Waals surface area contributed by atoms with Gasteiger partial charge in [0.05, 0.1) is 22.2 Å². The summed E-state index contributed by atoms with van der Waals surface area (Å²) in [6, 6.07) is 18.6. The van der Waals surface area contributed by atoms with E-state index in [9.17, 15) is 37.5 Å². The number of anilines is 2. The van der Waals surface area contributed by atoms with E-state index in [0.717, 1.165) is 46.2 Å². The molecule has 214 valence electrons. The Kier molecular flexibility index (Phi) is 6.93. The lowest BCUT2D eigenvalue weighted by molar-refractivity contribution is -0.137. The Hall–Kier alpha value is -4.36. The Morgan fingerprint density at radius 3 is 2.33 bits per heavy atom. The van der Waals surface area contributed by atoms with Gasteiger partial charge in [-0.2, -0.15) is 13.2 Å². The van der Waals surface area contributed by atoms with Crippen molar-refractivity contribution in [3.05, 3.63) is 105 Å². The maximum absolute atomic E-state index is 13.9. The predicted molar refractivity (Wildman–Crippen MR) is 151 cm³/mol. The van der Waals surface area contributed by atoms with E-state index in [0.29, 0.717) is 21.2 Å². The number of nitrogens with zero attached hydrogens (tertiary/aromatic N) is 2. The van der Waals surface area contributed by atoms with Crippen molar-refractivity contribution in [1.29, 1.82) is 0 Å². The highest BCUT2D eigenvalue weighted by atomic mass is 32.2. The topological polar surface area (TPSA) is 109 Å². The zero-order valence-electron chi connectivity index (χ0n) is 21.4. The Morgan fingerprint density at radius 1 is 0.929 bits per heavy atom. The Labute approximate surface area is 244 Å². The van der Waals surface area contributed by atoms with Crippen LogP contribution in [0.25, 0.3) is 0 Å². The number of phenolic OH excluding ortho intramolecular Hbond substituents is 1. The second-order valence-corrected chi connectivity index (χ2v) is 11.9. The molecule has 0 radical (unpaired) electrons. The highest BCUT2D eigenvalue weighted by Gasteiger charge is 2.57. The Bertz CT molecular complexity index is 1770. The molecule has 42 heavy (non-hydrogen) atoms. The van der Waals surface area contributed by atoms with Crippen molar-refractivity contribution in [2.24, 2.45) is 5.92 Å². The average molecular weight is 612 g/mol.